The maximum Gasteiger partial charge on any atom is 0.355 e. The normalized spacial score (nSPS) is 12.4. The number of hydrogen-bond donors (Lipinski definition) is 1. The van der Waals surface area contributed by atoms with E-state index in [2.05, 4.69) is 11.9 Å². The molecule has 0 spiro atoms. The van der Waals surface area contributed by atoms with E-state index in [0.717, 1.165) is 0 Å². The van der Waals surface area contributed by atoms with Crippen LogP contribution < -0.4 is 14.8 Å². The highest BCUT2D eigenvalue weighted by Crippen LogP contribution is 2.33. The van der Waals surface area contributed by atoms with Gasteiger partial charge in [-0.2, -0.15) is 0 Å². The molecule has 1 aliphatic rings. The third kappa shape index (κ3) is 4.48. The Bertz CT molecular complexity index is 922. The second kappa shape index (κ2) is 8.42. The molecule has 3 rings (SSSR count). The summed E-state index contributed by atoms with van der Waals surface area (Å²) in [6, 6.07) is 11.7. The molecule has 0 bridgehead atoms. The van der Waals surface area contributed by atoms with E-state index >= 15 is 0 Å². The molecule has 1 aliphatic heterocycles. The third-order valence-corrected chi connectivity index (χ3v) is 3.96. The first-order chi connectivity index (χ1) is 13.1. The van der Waals surface area contributed by atoms with Gasteiger partial charge in [-0.3, -0.25) is 4.79 Å². The Morgan fingerprint density at radius 1 is 1.19 bits per heavy atom. The number of amides is 1. The lowest BCUT2D eigenvalue weighted by Gasteiger charge is -2.10. The van der Waals surface area contributed by atoms with Gasteiger partial charge >= 0.3 is 5.97 Å². The Balaban J connectivity index is 1.88. The molecule has 27 heavy (non-hydrogen) atoms. The molecule has 0 fully saturated rings. The highest BCUT2D eigenvalue weighted by Gasteiger charge is 2.18. The summed E-state index contributed by atoms with van der Waals surface area (Å²) in [6.45, 7) is 3.66. The summed E-state index contributed by atoms with van der Waals surface area (Å²) in [5.74, 6) is -0.0563. The highest BCUT2D eigenvalue weighted by molar-refractivity contribution is 6.34. The average Bonchev–Trinajstić information content (AvgIpc) is 3.13. The first-order valence-corrected chi connectivity index (χ1v) is 8.41. The molecule has 6 nitrogen and oxygen atoms in total. The van der Waals surface area contributed by atoms with Crippen molar-refractivity contribution in [2.45, 2.75) is 0 Å². The summed E-state index contributed by atoms with van der Waals surface area (Å²) < 4.78 is 15.6. The molecule has 1 heterocycles. The van der Waals surface area contributed by atoms with Crippen LogP contribution in [0.4, 0.5) is 0 Å². The fourth-order valence-electron chi connectivity index (χ4n) is 2.36. The summed E-state index contributed by atoms with van der Waals surface area (Å²) in [5, 5.41) is 2.83. The number of nitrogens with one attached hydrogen (secondary N) is 1. The molecule has 0 saturated heterocycles. The Hall–Kier alpha value is -3.25. The van der Waals surface area contributed by atoms with Gasteiger partial charge in [-0.1, -0.05) is 42.5 Å². The number of halogens is 1. The van der Waals surface area contributed by atoms with Crippen molar-refractivity contribution >= 4 is 29.6 Å². The van der Waals surface area contributed by atoms with Crippen LogP contribution in [0.3, 0.4) is 0 Å². The molecule has 1 N–H and O–H groups in total. The van der Waals surface area contributed by atoms with Crippen molar-refractivity contribution in [3.05, 3.63) is 77.0 Å². The van der Waals surface area contributed by atoms with Crippen molar-refractivity contribution in [1.29, 1.82) is 0 Å². The standard InChI is InChI=1S/C20H16ClNO5/c1-2-9-25-20(24)16(22-19(23)14-5-3-4-6-15(14)21)10-13-7-8-17-18(11-13)27-12-26-17/h2-8,10-11H,1,9,12H2,(H,22,23)/b16-10+. The van der Waals surface area contributed by atoms with Crippen molar-refractivity contribution in [2.75, 3.05) is 13.4 Å². The van der Waals surface area contributed by atoms with E-state index in [4.69, 9.17) is 25.8 Å². The lowest BCUT2D eigenvalue weighted by Crippen LogP contribution is -2.28. The van der Waals surface area contributed by atoms with Gasteiger partial charge in [0.05, 0.1) is 10.6 Å². The molecule has 0 atom stereocenters. The van der Waals surface area contributed by atoms with E-state index in [1.54, 1.807) is 42.5 Å². The summed E-state index contributed by atoms with van der Waals surface area (Å²) in [7, 11) is 0. The minimum atomic E-state index is -0.701. The summed E-state index contributed by atoms with van der Waals surface area (Å²) in [4.78, 5) is 24.9. The zero-order chi connectivity index (χ0) is 19.2. The first kappa shape index (κ1) is 18.5. The molecule has 0 aromatic heterocycles. The van der Waals surface area contributed by atoms with Crippen molar-refractivity contribution in [3.63, 3.8) is 0 Å². The van der Waals surface area contributed by atoms with E-state index in [0.29, 0.717) is 17.1 Å². The molecule has 0 saturated carbocycles. The molecule has 7 heteroatoms. The second-order valence-electron chi connectivity index (χ2n) is 5.49. The molecule has 1 amide bonds. The lowest BCUT2D eigenvalue weighted by atomic mass is 10.1. The quantitative estimate of drug-likeness (QED) is 0.467. The highest BCUT2D eigenvalue weighted by atomic mass is 35.5. The molecule has 138 valence electrons. The number of carbonyl (C=O) groups is 2. The average molecular weight is 386 g/mol. The molecular weight excluding hydrogens is 370 g/mol. The molecule has 0 aliphatic carbocycles. The van der Waals surface area contributed by atoms with Crippen molar-refractivity contribution in [1.82, 2.24) is 5.32 Å². The van der Waals surface area contributed by atoms with Crippen LogP contribution in [0.25, 0.3) is 6.08 Å². The Kier molecular flexibility index (Phi) is 5.78. The number of fused-ring (bicyclic) bond motifs is 1. The minimum absolute atomic E-state index is 0.0132. The largest absolute Gasteiger partial charge is 0.457 e. The fourth-order valence-corrected chi connectivity index (χ4v) is 2.58. The summed E-state index contributed by atoms with van der Waals surface area (Å²) in [6.07, 6.45) is 2.92. The van der Waals surface area contributed by atoms with Gasteiger partial charge in [-0.25, -0.2) is 4.79 Å². The van der Waals surface area contributed by atoms with Crippen molar-refractivity contribution in [2.24, 2.45) is 0 Å². The molecule has 0 unspecified atom stereocenters. The predicted molar refractivity (Wildman–Crippen MR) is 101 cm³/mol. The smallest absolute Gasteiger partial charge is 0.355 e. The van der Waals surface area contributed by atoms with Crippen molar-refractivity contribution < 1.29 is 23.8 Å². The van der Waals surface area contributed by atoms with E-state index in [1.165, 1.54) is 12.2 Å². The Labute approximate surface area is 161 Å². The van der Waals surface area contributed by atoms with Crippen LogP contribution in [0, 0.1) is 0 Å². The monoisotopic (exact) mass is 385 g/mol. The Morgan fingerprint density at radius 2 is 1.96 bits per heavy atom. The molecular formula is C20H16ClNO5. The van der Waals surface area contributed by atoms with Crippen LogP contribution in [0.5, 0.6) is 11.5 Å². The van der Waals surface area contributed by atoms with E-state index in [9.17, 15) is 9.59 Å². The van der Waals surface area contributed by atoms with Crippen LogP contribution in [0.2, 0.25) is 5.02 Å². The fraction of sp³-hybridized carbons (Fsp3) is 0.100. The van der Waals surface area contributed by atoms with Crippen LogP contribution in [-0.4, -0.2) is 25.3 Å². The number of ether oxygens (including phenoxy) is 3. The number of rotatable bonds is 6. The van der Waals surface area contributed by atoms with Gasteiger partial charge in [0.2, 0.25) is 6.79 Å². The van der Waals surface area contributed by atoms with Crippen LogP contribution in [0.1, 0.15) is 15.9 Å². The number of esters is 1. The third-order valence-electron chi connectivity index (χ3n) is 3.63. The van der Waals surface area contributed by atoms with Crippen LogP contribution in [-0.2, 0) is 9.53 Å². The van der Waals surface area contributed by atoms with Crippen LogP contribution in [0.15, 0.2) is 60.8 Å². The zero-order valence-corrected chi connectivity index (χ0v) is 15.0. The number of carbonyl (C=O) groups excluding carboxylic acids is 2. The van der Waals surface area contributed by atoms with Gasteiger partial charge in [0, 0.05) is 0 Å². The SMILES string of the molecule is C=CCOC(=O)/C(=C\c1ccc2c(c1)OCO2)NC(=O)c1ccccc1Cl. The molecule has 0 radical (unpaired) electrons. The van der Waals surface area contributed by atoms with E-state index < -0.39 is 11.9 Å². The van der Waals surface area contributed by atoms with E-state index in [-0.39, 0.29) is 29.7 Å². The number of hydrogen-bond acceptors (Lipinski definition) is 5. The minimum Gasteiger partial charge on any atom is -0.457 e. The van der Waals surface area contributed by atoms with E-state index in [1.807, 2.05) is 0 Å². The summed E-state index contributed by atoms with van der Waals surface area (Å²) >= 11 is 6.05. The van der Waals surface area contributed by atoms with Gasteiger partial charge < -0.3 is 19.5 Å². The first-order valence-electron chi connectivity index (χ1n) is 8.03. The zero-order valence-electron chi connectivity index (χ0n) is 14.2. The van der Waals surface area contributed by atoms with Gasteiger partial charge in [0.1, 0.15) is 12.3 Å². The maximum atomic E-state index is 12.5. The second-order valence-corrected chi connectivity index (χ2v) is 5.90. The van der Waals surface area contributed by atoms with Crippen molar-refractivity contribution in [3.8, 4) is 11.5 Å². The maximum absolute atomic E-state index is 12.5. The molecule has 2 aromatic rings. The number of benzene rings is 2. The van der Waals surface area contributed by atoms with Gasteiger partial charge in [0.25, 0.3) is 5.91 Å². The topological polar surface area (TPSA) is 73.9 Å². The van der Waals surface area contributed by atoms with Crippen LogP contribution >= 0.6 is 11.6 Å². The van der Waals surface area contributed by atoms with Gasteiger partial charge in [0.15, 0.2) is 11.5 Å². The summed E-state index contributed by atoms with van der Waals surface area (Å²) in [5.41, 5.74) is 0.831. The van der Waals surface area contributed by atoms with Gasteiger partial charge in [-0.15, -0.1) is 0 Å². The van der Waals surface area contributed by atoms with Gasteiger partial charge in [-0.05, 0) is 35.9 Å². The predicted octanol–water partition coefficient (Wildman–Crippen LogP) is 3.57. The molecule has 2 aromatic carbocycles. The lowest BCUT2D eigenvalue weighted by molar-refractivity contribution is -0.138. The Morgan fingerprint density at radius 3 is 2.74 bits per heavy atom.